The molecular formula is C44H52Cl3N3O5. The number of halogens is 3. The van der Waals surface area contributed by atoms with Gasteiger partial charge in [0.15, 0.2) is 5.75 Å². The van der Waals surface area contributed by atoms with Crippen LogP contribution in [0.4, 0.5) is 10.5 Å². The Morgan fingerprint density at radius 1 is 0.909 bits per heavy atom. The van der Waals surface area contributed by atoms with Crippen molar-refractivity contribution >= 4 is 58.1 Å². The van der Waals surface area contributed by atoms with Crippen LogP contribution in [0.5, 0.6) is 5.75 Å². The second-order valence-electron chi connectivity index (χ2n) is 16.5. The van der Waals surface area contributed by atoms with Crippen LogP contribution in [0.3, 0.4) is 0 Å². The fraction of sp³-hybridized carbons (Fsp3) is 0.500. The van der Waals surface area contributed by atoms with E-state index in [-0.39, 0.29) is 36.2 Å². The van der Waals surface area contributed by atoms with Crippen molar-refractivity contribution < 1.29 is 23.8 Å². The molecule has 3 atom stereocenters. The van der Waals surface area contributed by atoms with Crippen molar-refractivity contribution in [2.75, 3.05) is 31.7 Å². The summed E-state index contributed by atoms with van der Waals surface area (Å²) in [5, 5.41) is 1.69. The molecule has 294 valence electrons. The molecule has 1 aliphatic carbocycles. The quantitative estimate of drug-likeness (QED) is 0.170. The lowest BCUT2D eigenvalue weighted by atomic mass is 9.87. The summed E-state index contributed by atoms with van der Waals surface area (Å²) < 4.78 is 17.5. The van der Waals surface area contributed by atoms with E-state index >= 15 is 4.79 Å². The summed E-state index contributed by atoms with van der Waals surface area (Å²) >= 11 is 19.8. The number of ether oxygens (including phenoxy) is 3. The van der Waals surface area contributed by atoms with Crippen molar-refractivity contribution in [3.8, 4) is 5.75 Å². The monoisotopic (exact) mass is 807 g/mol. The molecule has 0 aromatic heterocycles. The van der Waals surface area contributed by atoms with Gasteiger partial charge in [0.1, 0.15) is 11.7 Å². The predicted octanol–water partition coefficient (Wildman–Crippen LogP) is 10.3. The number of anilines is 1. The van der Waals surface area contributed by atoms with E-state index in [1.54, 1.807) is 7.11 Å². The first-order valence-corrected chi connectivity index (χ1v) is 20.7. The number of aryl methyl sites for hydroxylation is 2. The third kappa shape index (κ3) is 9.09. The molecule has 2 saturated heterocycles. The number of nitrogens with zero attached hydrogens (tertiary/aromatic N) is 3. The van der Waals surface area contributed by atoms with Gasteiger partial charge in [-0.1, -0.05) is 59.1 Å². The predicted molar refractivity (Wildman–Crippen MR) is 221 cm³/mol. The van der Waals surface area contributed by atoms with Gasteiger partial charge < -0.3 is 24.0 Å². The van der Waals surface area contributed by atoms with Crippen LogP contribution in [0.2, 0.25) is 15.1 Å². The van der Waals surface area contributed by atoms with E-state index in [0.717, 1.165) is 73.0 Å². The van der Waals surface area contributed by atoms with Gasteiger partial charge >= 0.3 is 6.09 Å². The molecule has 0 unspecified atom stereocenters. The van der Waals surface area contributed by atoms with Crippen LogP contribution in [0.25, 0.3) is 5.57 Å². The third-order valence-corrected chi connectivity index (χ3v) is 12.0. The fourth-order valence-corrected chi connectivity index (χ4v) is 9.23. The van der Waals surface area contributed by atoms with Crippen LogP contribution in [0.15, 0.2) is 60.2 Å². The van der Waals surface area contributed by atoms with Crippen LogP contribution < -0.4 is 9.64 Å². The van der Waals surface area contributed by atoms with Gasteiger partial charge in [-0.25, -0.2) is 4.79 Å². The van der Waals surface area contributed by atoms with Crippen LogP contribution in [-0.2, 0) is 27.2 Å². The zero-order valence-corrected chi connectivity index (χ0v) is 34.8. The van der Waals surface area contributed by atoms with E-state index in [1.165, 1.54) is 5.56 Å². The Labute approximate surface area is 340 Å². The average molecular weight is 809 g/mol. The molecule has 3 aliphatic heterocycles. The van der Waals surface area contributed by atoms with Gasteiger partial charge in [0.05, 0.1) is 22.6 Å². The molecule has 4 aliphatic rings. The summed E-state index contributed by atoms with van der Waals surface area (Å²) in [6.07, 6.45) is 6.21. The van der Waals surface area contributed by atoms with Crippen molar-refractivity contribution in [3.63, 3.8) is 0 Å². The fourth-order valence-electron chi connectivity index (χ4n) is 8.36. The maximum atomic E-state index is 15.1. The largest absolute Gasteiger partial charge is 0.485 e. The number of hydrogen-bond acceptors (Lipinski definition) is 6. The number of methoxy groups -OCH3 is 1. The number of carbonyl (C=O) groups is 2. The molecule has 3 aromatic rings. The van der Waals surface area contributed by atoms with Gasteiger partial charge in [-0.15, -0.1) is 0 Å². The van der Waals surface area contributed by atoms with Gasteiger partial charge in [-0.05, 0) is 131 Å². The lowest BCUT2D eigenvalue weighted by molar-refractivity contribution is -0.129. The van der Waals surface area contributed by atoms with Crippen molar-refractivity contribution in [2.24, 2.45) is 0 Å². The highest BCUT2D eigenvalue weighted by atomic mass is 35.5. The molecular weight excluding hydrogens is 757 g/mol. The van der Waals surface area contributed by atoms with Gasteiger partial charge in [0, 0.05) is 61.6 Å². The summed E-state index contributed by atoms with van der Waals surface area (Å²) in [7, 11) is 1.71. The van der Waals surface area contributed by atoms with E-state index in [9.17, 15) is 4.79 Å². The Bertz CT molecular complexity index is 1920. The van der Waals surface area contributed by atoms with Crippen LogP contribution >= 0.6 is 34.8 Å². The molecule has 3 heterocycles. The first kappa shape index (κ1) is 39.8. The highest BCUT2D eigenvalue weighted by Gasteiger charge is 2.49. The maximum absolute atomic E-state index is 15.1. The van der Waals surface area contributed by atoms with Crippen LogP contribution in [0.1, 0.15) is 88.0 Å². The van der Waals surface area contributed by atoms with E-state index in [1.807, 2.05) is 55.7 Å². The molecule has 0 N–H and O–H groups in total. The van der Waals surface area contributed by atoms with E-state index in [0.29, 0.717) is 58.9 Å². The summed E-state index contributed by atoms with van der Waals surface area (Å²) in [4.78, 5) is 35.1. The Balaban J connectivity index is 1.17. The number of amides is 2. The zero-order chi connectivity index (χ0) is 39.0. The van der Waals surface area contributed by atoms with Gasteiger partial charge in [-0.2, -0.15) is 0 Å². The molecule has 3 aromatic carbocycles. The molecule has 0 radical (unpaired) electrons. The van der Waals surface area contributed by atoms with Crippen molar-refractivity contribution in [1.29, 1.82) is 0 Å². The first-order chi connectivity index (χ1) is 26.3. The Hall–Kier alpha value is -3.43. The number of benzene rings is 3. The highest BCUT2D eigenvalue weighted by molar-refractivity contribution is 6.37. The number of rotatable bonds is 12. The first-order valence-electron chi connectivity index (χ1n) is 19.6. The number of fused-ring (bicyclic) bond motifs is 2. The molecule has 55 heavy (non-hydrogen) atoms. The lowest BCUT2D eigenvalue weighted by Gasteiger charge is -2.39. The van der Waals surface area contributed by atoms with Crippen molar-refractivity contribution in [2.45, 2.75) is 115 Å². The number of carbonyl (C=O) groups excluding carboxylic acids is 2. The van der Waals surface area contributed by atoms with Gasteiger partial charge in [0.2, 0.25) is 0 Å². The maximum Gasteiger partial charge on any atom is 0.411 e. The van der Waals surface area contributed by atoms with Gasteiger partial charge in [-0.3, -0.25) is 9.69 Å². The summed E-state index contributed by atoms with van der Waals surface area (Å²) in [6, 6.07) is 18.1. The topological polar surface area (TPSA) is 71.6 Å². The Kier molecular flexibility index (Phi) is 12.0. The Morgan fingerprint density at radius 3 is 2.31 bits per heavy atom. The van der Waals surface area contributed by atoms with Crippen LogP contribution in [-0.4, -0.2) is 78.4 Å². The zero-order valence-electron chi connectivity index (χ0n) is 32.5. The second-order valence-corrected chi connectivity index (χ2v) is 17.7. The Morgan fingerprint density at radius 2 is 1.64 bits per heavy atom. The molecule has 0 spiro atoms. The molecule has 3 fully saturated rings. The summed E-state index contributed by atoms with van der Waals surface area (Å²) in [5.41, 5.74) is 6.25. The van der Waals surface area contributed by atoms with Crippen molar-refractivity contribution in [3.05, 3.63) is 97.5 Å². The van der Waals surface area contributed by atoms with Gasteiger partial charge in [0.25, 0.3) is 5.91 Å². The minimum absolute atomic E-state index is 0.0192. The SMILES string of the molecule is COCCCc1ccc(Cl)c(CN(C(=O)C2=C(c3ccc(N4CC[C@@H](Oc5c(Cl)cc(C)cc5Cl)C4)cc3)C[C@@H]3CC[C@@H]2N3C(=O)OC(C)(C)C)C2CC2)c1. The molecule has 11 heteroatoms. The molecule has 7 rings (SSSR count). The molecule has 8 nitrogen and oxygen atoms in total. The summed E-state index contributed by atoms with van der Waals surface area (Å²) in [6.45, 7) is 10.2. The smallest absolute Gasteiger partial charge is 0.411 e. The van der Waals surface area contributed by atoms with Crippen LogP contribution in [0, 0.1) is 6.92 Å². The second kappa shape index (κ2) is 16.6. The standard InChI is InChI=1S/C44H52Cl3N3O5/c1-27-21-37(46)41(38(47)22-27)54-34-18-19-48(26-34)31-11-9-29(10-12-31)35-24-33-15-17-39(50(33)43(52)55-44(2,3)4)40(35)42(51)49(32-13-14-32)25-30-23-28(7-6-20-53-5)8-16-36(30)45/h8-12,16,21-23,32-34,39H,6-7,13-15,17-20,24-26H2,1-5H3/t33-,34+,39-/m0/s1. The van der Waals surface area contributed by atoms with E-state index in [4.69, 9.17) is 49.0 Å². The minimum atomic E-state index is -0.649. The molecule has 2 bridgehead atoms. The highest BCUT2D eigenvalue weighted by Crippen LogP contribution is 2.46. The molecule has 2 amide bonds. The van der Waals surface area contributed by atoms with E-state index < -0.39 is 5.60 Å². The normalized spacial score (nSPS) is 21.0. The minimum Gasteiger partial charge on any atom is -0.485 e. The number of hydrogen-bond donors (Lipinski definition) is 0. The average Bonchev–Trinajstić information content (AvgIpc) is 3.78. The van der Waals surface area contributed by atoms with Crippen molar-refractivity contribution in [1.82, 2.24) is 9.80 Å². The summed E-state index contributed by atoms with van der Waals surface area (Å²) in [5.74, 6) is 0.513. The molecule has 1 saturated carbocycles. The van der Waals surface area contributed by atoms with E-state index in [2.05, 4.69) is 41.3 Å². The lowest BCUT2D eigenvalue weighted by Crippen LogP contribution is -2.50. The third-order valence-electron chi connectivity index (χ3n) is 11.1.